The van der Waals surface area contributed by atoms with Crippen LogP contribution in [0.4, 0.5) is 4.39 Å². The number of aryl methyl sites for hydroxylation is 1. The summed E-state index contributed by atoms with van der Waals surface area (Å²) >= 11 is 0. The summed E-state index contributed by atoms with van der Waals surface area (Å²) in [5, 5.41) is 0. The molecule has 0 radical (unpaired) electrons. The lowest BCUT2D eigenvalue weighted by atomic mass is 9.81. The van der Waals surface area contributed by atoms with E-state index < -0.39 is 0 Å². The van der Waals surface area contributed by atoms with E-state index in [2.05, 4.69) is 36.6 Å². The van der Waals surface area contributed by atoms with E-state index in [1.54, 1.807) is 12.1 Å². The normalized spacial score (nSPS) is 16.1. The molecule has 1 atom stereocenters. The summed E-state index contributed by atoms with van der Waals surface area (Å²) < 4.78 is 12.9. The van der Waals surface area contributed by atoms with E-state index in [9.17, 15) is 4.39 Å². The summed E-state index contributed by atoms with van der Waals surface area (Å²) in [6.07, 6.45) is 7.95. The maximum atomic E-state index is 12.9. The van der Waals surface area contributed by atoms with Gasteiger partial charge in [0.05, 0.1) is 0 Å². The molecule has 2 aromatic rings. The quantitative estimate of drug-likeness (QED) is 0.533. The molecule has 0 nitrogen and oxygen atoms in total. The van der Waals surface area contributed by atoms with Crippen LogP contribution in [0.15, 0.2) is 55.1 Å². The van der Waals surface area contributed by atoms with Gasteiger partial charge in [0.2, 0.25) is 0 Å². The number of fused-ring (bicyclic) bond motifs is 1. The second-order valence-electron chi connectivity index (χ2n) is 6.22. The molecule has 0 amide bonds. The largest absolute Gasteiger partial charge is 0.207 e. The van der Waals surface area contributed by atoms with Crippen LogP contribution < -0.4 is 0 Å². The van der Waals surface area contributed by atoms with Gasteiger partial charge in [0.25, 0.3) is 0 Å². The molecule has 0 fully saturated rings. The van der Waals surface area contributed by atoms with Crippen molar-refractivity contribution in [2.45, 2.75) is 32.1 Å². The number of benzene rings is 2. The van der Waals surface area contributed by atoms with Gasteiger partial charge in [0, 0.05) is 11.1 Å². The van der Waals surface area contributed by atoms with E-state index in [-0.39, 0.29) is 5.82 Å². The molecule has 0 spiro atoms. The lowest BCUT2D eigenvalue weighted by molar-refractivity contribution is 0.430. The van der Waals surface area contributed by atoms with Crippen LogP contribution in [-0.4, -0.2) is 0 Å². The minimum Gasteiger partial charge on any atom is -0.207 e. The van der Waals surface area contributed by atoms with Gasteiger partial charge >= 0.3 is 0 Å². The molecule has 0 N–H and O–H groups in total. The summed E-state index contributed by atoms with van der Waals surface area (Å²) in [7, 11) is 0. The summed E-state index contributed by atoms with van der Waals surface area (Å²) in [5.41, 5.74) is 4.79. The van der Waals surface area contributed by atoms with Gasteiger partial charge in [-0.2, -0.15) is 0 Å². The van der Waals surface area contributed by atoms with Crippen LogP contribution in [0.5, 0.6) is 0 Å². The highest BCUT2D eigenvalue weighted by molar-refractivity contribution is 5.46. The van der Waals surface area contributed by atoms with E-state index in [1.165, 1.54) is 42.5 Å². The van der Waals surface area contributed by atoms with Crippen molar-refractivity contribution in [3.8, 4) is 11.8 Å². The molecule has 0 saturated carbocycles. The SMILES string of the molecule is C=CCCC1CCc2cc(C#Cc3ccc(F)cc3)ccc2C1. The van der Waals surface area contributed by atoms with Gasteiger partial charge in [-0.05, 0) is 85.5 Å². The van der Waals surface area contributed by atoms with Gasteiger partial charge in [-0.1, -0.05) is 24.0 Å². The minimum atomic E-state index is -0.227. The fraction of sp³-hybridized carbons (Fsp3) is 0.273. The van der Waals surface area contributed by atoms with E-state index in [4.69, 9.17) is 0 Å². The zero-order valence-corrected chi connectivity index (χ0v) is 13.3. The molecular weight excluding hydrogens is 283 g/mol. The minimum absolute atomic E-state index is 0.227. The Labute approximate surface area is 138 Å². The Hall–Kier alpha value is -2.33. The Balaban J connectivity index is 1.72. The van der Waals surface area contributed by atoms with Crippen molar-refractivity contribution in [3.05, 3.63) is 83.2 Å². The molecular formula is C22H21F. The summed E-state index contributed by atoms with van der Waals surface area (Å²) in [4.78, 5) is 0. The lowest BCUT2D eigenvalue weighted by Crippen LogP contribution is -2.14. The first-order chi connectivity index (χ1) is 11.2. The van der Waals surface area contributed by atoms with Crippen LogP contribution in [0.25, 0.3) is 0 Å². The number of hydrogen-bond acceptors (Lipinski definition) is 0. The number of halogens is 1. The molecule has 116 valence electrons. The third kappa shape index (κ3) is 4.11. The third-order valence-electron chi connectivity index (χ3n) is 4.51. The molecule has 2 aromatic carbocycles. The molecule has 1 aliphatic carbocycles. The highest BCUT2D eigenvalue weighted by Gasteiger charge is 2.17. The first kappa shape index (κ1) is 15.6. The molecule has 1 unspecified atom stereocenters. The molecule has 0 aliphatic heterocycles. The Morgan fingerprint density at radius 2 is 1.78 bits per heavy atom. The molecule has 1 heteroatoms. The number of hydrogen-bond donors (Lipinski definition) is 0. The maximum absolute atomic E-state index is 12.9. The predicted octanol–water partition coefficient (Wildman–Crippen LogP) is 5.30. The summed E-state index contributed by atoms with van der Waals surface area (Å²) in [6.45, 7) is 3.82. The molecule has 3 rings (SSSR count). The zero-order valence-electron chi connectivity index (χ0n) is 13.3. The topological polar surface area (TPSA) is 0 Å². The van der Waals surface area contributed by atoms with Gasteiger partial charge in [-0.3, -0.25) is 0 Å². The van der Waals surface area contributed by atoms with Gasteiger partial charge in [0.15, 0.2) is 0 Å². The van der Waals surface area contributed by atoms with Crippen molar-refractivity contribution in [1.82, 2.24) is 0 Å². The summed E-state index contributed by atoms with van der Waals surface area (Å²) in [5.74, 6) is 6.86. The fourth-order valence-electron chi connectivity index (χ4n) is 3.19. The monoisotopic (exact) mass is 304 g/mol. The average molecular weight is 304 g/mol. The average Bonchev–Trinajstić information content (AvgIpc) is 2.59. The van der Waals surface area contributed by atoms with Crippen molar-refractivity contribution in [2.24, 2.45) is 5.92 Å². The molecule has 0 aromatic heterocycles. The van der Waals surface area contributed by atoms with E-state index in [0.717, 1.165) is 29.9 Å². The van der Waals surface area contributed by atoms with Crippen molar-refractivity contribution < 1.29 is 4.39 Å². The second kappa shape index (κ2) is 7.29. The Morgan fingerprint density at radius 3 is 2.57 bits per heavy atom. The molecule has 0 heterocycles. The maximum Gasteiger partial charge on any atom is 0.123 e. The summed E-state index contributed by atoms with van der Waals surface area (Å²) in [6, 6.07) is 12.9. The lowest BCUT2D eigenvalue weighted by Gasteiger charge is -2.24. The van der Waals surface area contributed by atoms with Gasteiger partial charge in [-0.15, -0.1) is 6.58 Å². The van der Waals surface area contributed by atoms with Gasteiger partial charge in [-0.25, -0.2) is 4.39 Å². The Bertz CT molecular complexity index is 744. The van der Waals surface area contributed by atoms with Crippen LogP contribution in [0.3, 0.4) is 0 Å². The molecule has 1 aliphatic rings. The Kier molecular flexibility index (Phi) is 4.93. The van der Waals surface area contributed by atoms with Crippen LogP contribution in [0, 0.1) is 23.6 Å². The molecule has 23 heavy (non-hydrogen) atoms. The van der Waals surface area contributed by atoms with Crippen LogP contribution in [0.2, 0.25) is 0 Å². The fourth-order valence-corrected chi connectivity index (χ4v) is 3.19. The van der Waals surface area contributed by atoms with Crippen molar-refractivity contribution in [1.29, 1.82) is 0 Å². The van der Waals surface area contributed by atoms with Crippen molar-refractivity contribution in [2.75, 3.05) is 0 Å². The highest BCUT2D eigenvalue weighted by atomic mass is 19.1. The van der Waals surface area contributed by atoms with E-state index >= 15 is 0 Å². The Morgan fingerprint density at radius 1 is 1.04 bits per heavy atom. The number of allylic oxidation sites excluding steroid dienone is 1. The van der Waals surface area contributed by atoms with Crippen LogP contribution in [-0.2, 0) is 12.8 Å². The van der Waals surface area contributed by atoms with Gasteiger partial charge < -0.3 is 0 Å². The third-order valence-corrected chi connectivity index (χ3v) is 4.51. The second-order valence-corrected chi connectivity index (χ2v) is 6.22. The van der Waals surface area contributed by atoms with Crippen LogP contribution in [0.1, 0.15) is 41.5 Å². The smallest absolute Gasteiger partial charge is 0.123 e. The molecule has 0 saturated heterocycles. The highest BCUT2D eigenvalue weighted by Crippen LogP contribution is 2.29. The van der Waals surface area contributed by atoms with Gasteiger partial charge in [0.1, 0.15) is 5.82 Å². The molecule has 0 bridgehead atoms. The number of rotatable bonds is 3. The van der Waals surface area contributed by atoms with Crippen molar-refractivity contribution >= 4 is 0 Å². The van der Waals surface area contributed by atoms with E-state index in [0.29, 0.717) is 0 Å². The van der Waals surface area contributed by atoms with Crippen molar-refractivity contribution in [3.63, 3.8) is 0 Å². The first-order valence-electron chi connectivity index (χ1n) is 8.25. The predicted molar refractivity (Wildman–Crippen MR) is 93.8 cm³/mol. The standard InChI is InChI=1S/C22H21F/c1-2-3-4-18-7-11-21-16-19(8-12-20(21)15-18)6-5-17-9-13-22(23)14-10-17/h2,8-10,12-14,16,18H,1,3-4,7,11,15H2. The van der Waals surface area contributed by atoms with Crippen LogP contribution >= 0.6 is 0 Å². The zero-order chi connectivity index (χ0) is 16.1. The first-order valence-corrected chi connectivity index (χ1v) is 8.25. The van der Waals surface area contributed by atoms with E-state index in [1.807, 2.05) is 6.08 Å².